The van der Waals surface area contributed by atoms with Crippen LogP contribution in [0.4, 0.5) is 0 Å². The second-order valence-electron chi connectivity index (χ2n) is 18.7. The molecular weight excluding hydrogens is 845 g/mol. The lowest BCUT2D eigenvalue weighted by Crippen LogP contribution is -2.59. The second-order valence-corrected chi connectivity index (χ2v) is 19.7. The summed E-state index contributed by atoms with van der Waals surface area (Å²) in [5.41, 5.74) is 8.53. The third-order valence-electron chi connectivity index (χ3n) is 13.2. The molecule has 0 aliphatic carbocycles. The molecule has 7 rings (SSSR count). The summed E-state index contributed by atoms with van der Waals surface area (Å²) in [4.78, 5) is 80.0. The van der Waals surface area contributed by atoms with Crippen molar-refractivity contribution in [1.82, 2.24) is 40.1 Å². The van der Waals surface area contributed by atoms with Gasteiger partial charge in [-0.15, -0.1) is 11.3 Å². The molecule has 2 N–H and O–H groups in total. The van der Waals surface area contributed by atoms with Gasteiger partial charge < -0.3 is 29.2 Å². The molecule has 1 aromatic carbocycles. The Bertz CT molecular complexity index is 2500. The number of benzene rings is 1. The molecular formula is C49H62N8O7S. The number of methoxy groups -OCH3 is 1. The summed E-state index contributed by atoms with van der Waals surface area (Å²) in [6, 6.07) is 8.51. The number of aromatic nitrogens is 3. The van der Waals surface area contributed by atoms with Crippen LogP contribution < -0.4 is 10.7 Å². The van der Waals surface area contributed by atoms with Crippen molar-refractivity contribution in [2.75, 3.05) is 46.4 Å². The minimum Gasteiger partial charge on any atom is -0.467 e. The fraction of sp³-hybridized carbons (Fsp3) is 0.531. The minimum atomic E-state index is -0.947. The van der Waals surface area contributed by atoms with Gasteiger partial charge >= 0.3 is 0 Å². The second kappa shape index (κ2) is 19.9. The van der Waals surface area contributed by atoms with Gasteiger partial charge in [0.05, 0.1) is 40.2 Å². The lowest BCUT2D eigenvalue weighted by atomic mass is 9.84. The molecule has 0 saturated carbocycles. The molecule has 16 heteroatoms. The number of hydrogen-bond acceptors (Lipinski definition) is 11. The van der Waals surface area contributed by atoms with Crippen molar-refractivity contribution in [3.8, 4) is 34.4 Å². The molecule has 3 fully saturated rings. The number of nitrogens with one attached hydrogen (secondary N) is 2. The van der Waals surface area contributed by atoms with Crippen molar-refractivity contribution < 1.29 is 33.4 Å². The first-order valence-corrected chi connectivity index (χ1v) is 23.5. The van der Waals surface area contributed by atoms with Crippen molar-refractivity contribution in [3.05, 3.63) is 58.2 Å². The molecule has 0 radical (unpaired) electrons. The zero-order chi connectivity index (χ0) is 46.6. The average molecular weight is 907 g/mol. The van der Waals surface area contributed by atoms with Crippen molar-refractivity contribution in [2.24, 2.45) is 23.8 Å². The Morgan fingerprint density at radius 3 is 2.60 bits per heavy atom. The third kappa shape index (κ3) is 9.83. The van der Waals surface area contributed by atoms with E-state index in [1.165, 1.54) is 11.3 Å². The van der Waals surface area contributed by atoms with Crippen molar-refractivity contribution >= 4 is 52.3 Å². The molecule has 3 aliphatic rings. The summed E-state index contributed by atoms with van der Waals surface area (Å²) < 4.78 is 13.2. The zero-order valence-electron chi connectivity index (χ0n) is 38.9. The highest BCUT2D eigenvalue weighted by Crippen LogP contribution is 2.43. The van der Waals surface area contributed by atoms with Crippen LogP contribution in [0.2, 0.25) is 0 Å². The predicted molar refractivity (Wildman–Crippen MR) is 249 cm³/mol. The SMILES string of the molecule is CC#CC(=O)N1CCC2(CCN([C@H](C(=O)N[C@@H](Cc3nc(-c4ccc5c(c4)c(CC(C)(C)COC=O)c(-c4cccnc4[C@H](C)OC)n5C)cs3)C(=O)N3CCCCN3)C(C)C)C2=O)C1. The van der Waals surface area contributed by atoms with Gasteiger partial charge in [0.1, 0.15) is 12.1 Å². The van der Waals surface area contributed by atoms with Crippen LogP contribution in [0.15, 0.2) is 41.9 Å². The molecule has 1 unspecified atom stereocenters. The van der Waals surface area contributed by atoms with E-state index in [1.807, 2.05) is 45.3 Å². The van der Waals surface area contributed by atoms with E-state index >= 15 is 0 Å². The maximum absolute atomic E-state index is 14.5. The summed E-state index contributed by atoms with van der Waals surface area (Å²) in [6.45, 7) is 14.6. The molecule has 3 aliphatic heterocycles. The Labute approximate surface area is 385 Å². The number of aryl methyl sites for hydroxylation is 1. The first-order valence-electron chi connectivity index (χ1n) is 22.6. The van der Waals surface area contributed by atoms with Crippen LogP contribution in [0.1, 0.15) is 89.6 Å². The number of ether oxygens (including phenoxy) is 2. The smallest absolute Gasteiger partial charge is 0.298 e. The molecule has 15 nitrogen and oxygen atoms in total. The number of fused-ring (bicyclic) bond motifs is 1. The summed E-state index contributed by atoms with van der Waals surface area (Å²) in [5.74, 6) is 3.92. The van der Waals surface area contributed by atoms with Gasteiger partial charge in [0.2, 0.25) is 11.8 Å². The molecule has 3 aromatic heterocycles. The van der Waals surface area contributed by atoms with Crippen LogP contribution in [-0.4, -0.2) is 118 Å². The van der Waals surface area contributed by atoms with Crippen molar-refractivity contribution in [2.45, 2.75) is 98.3 Å². The van der Waals surface area contributed by atoms with Gasteiger partial charge in [0.15, 0.2) is 0 Å². The fourth-order valence-electron chi connectivity index (χ4n) is 9.81. The summed E-state index contributed by atoms with van der Waals surface area (Å²) in [5, 5.41) is 8.36. The molecule has 346 valence electrons. The molecule has 4 amide bonds. The number of amides is 4. The molecule has 3 saturated heterocycles. The zero-order valence-corrected chi connectivity index (χ0v) is 39.7. The minimum absolute atomic E-state index is 0.134. The standard InChI is InChI=1S/C49H62N8O7S/c1-9-13-41(59)55-22-17-49(28-55)18-23-56(47(49)62)43(31(2)3)45(60)53-37(46(61)57-21-11-10-20-51-57)25-40-52-38(27-65-40)33-15-16-39-35(24-33)36(26-48(5,6)29-64-30-58)44(54(39)7)34-14-12-19-50-42(34)32(4)63-8/h12,14-16,19,24,27,30-32,37,43,51H,10-11,17-18,20-23,25-26,28-29H2,1-8H3,(H,53,60)/t32-,37-,43-,49?/m0/s1. The first kappa shape index (κ1) is 47.3. The average Bonchev–Trinajstić information content (AvgIpc) is 4.08. The van der Waals surface area contributed by atoms with Crippen LogP contribution in [0.3, 0.4) is 0 Å². The van der Waals surface area contributed by atoms with E-state index in [0.29, 0.717) is 56.9 Å². The largest absolute Gasteiger partial charge is 0.467 e. The predicted octanol–water partition coefficient (Wildman–Crippen LogP) is 5.47. The maximum atomic E-state index is 14.5. The van der Waals surface area contributed by atoms with Gasteiger partial charge in [0.25, 0.3) is 18.3 Å². The third-order valence-corrected chi connectivity index (χ3v) is 14.1. The molecule has 65 heavy (non-hydrogen) atoms. The topological polar surface area (TPSA) is 168 Å². The van der Waals surface area contributed by atoms with Crippen LogP contribution >= 0.6 is 11.3 Å². The van der Waals surface area contributed by atoms with E-state index in [1.54, 1.807) is 35.0 Å². The van der Waals surface area contributed by atoms with E-state index in [2.05, 4.69) is 59.2 Å². The monoisotopic (exact) mass is 906 g/mol. The quantitative estimate of drug-likeness (QED) is 0.109. The van der Waals surface area contributed by atoms with Gasteiger partial charge in [-0.2, -0.15) is 0 Å². The van der Waals surface area contributed by atoms with Gasteiger partial charge in [0, 0.05) is 92.3 Å². The summed E-state index contributed by atoms with van der Waals surface area (Å²) in [6.07, 6.45) is 5.10. The maximum Gasteiger partial charge on any atom is 0.298 e. The van der Waals surface area contributed by atoms with E-state index in [9.17, 15) is 24.0 Å². The van der Waals surface area contributed by atoms with E-state index < -0.39 is 28.8 Å². The number of pyridine rings is 1. The molecule has 1 spiro atoms. The van der Waals surface area contributed by atoms with Crippen molar-refractivity contribution in [3.63, 3.8) is 0 Å². The van der Waals surface area contributed by atoms with Crippen molar-refractivity contribution in [1.29, 1.82) is 0 Å². The number of rotatable bonds is 16. The Balaban J connectivity index is 1.18. The molecule has 4 aromatic rings. The number of hydrazine groups is 1. The van der Waals surface area contributed by atoms with Gasteiger partial charge in [-0.3, -0.25) is 34.0 Å². The lowest BCUT2D eigenvalue weighted by Gasteiger charge is -2.34. The number of carbonyl (C=O) groups is 5. The lowest BCUT2D eigenvalue weighted by molar-refractivity contribution is -0.146. The number of thiazole rings is 1. The highest BCUT2D eigenvalue weighted by atomic mass is 32.1. The van der Waals surface area contributed by atoms with E-state index in [4.69, 9.17) is 19.4 Å². The Kier molecular flexibility index (Phi) is 14.5. The number of carbonyl (C=O) groups excluding carboxylic acids is 5. The van der Waals surface area contributed by atoms with Crippen LogP contribution in [0.5, 0.6) is 0 Å². The van der Waals surface area contributed by atoms with Crippen LogP contribution in [-0.2, 0) is 53.3 Å². The normalized spacial score (nSPS) is 19.1. The highest BCUT2D eigenvalue weighted by molar-refractivity contribution is 7.10. The summed E-state index contributed by atoms with van der Waals surface area (Å²) in [7, 11) is 3.72. The molecule has 6 heterocycles. The number of nitrogens with zero attached hydrogens (tertiary/aromatic N) is 6. The fourth-order valence-corrected chi connectivity index (χ4v) is 10.7. The van der Waals surface area contributed by atoms with Gasteiger partial charge in [-0.25, -0.2) is 10.4 Å². The van der Waals surface area contributed by atoms with Gasteiger partial charge in [-0.1, -0.05) is 39.7 Å². The van der Waals surface area contributed by atoms with Crippen LogP contribution in [0, 0.1) is 28.6 Å². The van der Waals surface area contributed by atoms with Crippen LogP contribution in [0.25, 0.3) is 33.4 Å². The van der Waals surface area contributed by atoms with E-state index in [-0.39, 0.29) is 49.3 Å². The Hall–Kier alpha value is -5.63. The number of likely N-dealkylation sites (tertiary alicyclic amines) is 2. The van der Waals surface area contributed by atoms with E-state index in [0.717, 1.165) is 57.5 Å². The summed E-state index contributed by atoms with van der Waals surface area (Å²) >= 11 is 1.43. The Morgan fingerprint density at radius 2 is 1.89 bits per heavy atom. The molecule has 4 atom stereocenters. The van der Waals surface area contributed by atoms with Gasteiger partial charge in [-0.05, 0) is 87.6 Å². The first-order chi connectivity index (χ1) is 31.1. The molecule has 0 bridgehead atoms. The number of hydrogen-bond donors (Lipinski definition) is 2. The Morgan fingerprint density at radius 1 is 1.11 bits per heavy atom. The highest BCUT2D eigenvalue weighted by Gasteiger charge is 2.54.